The minimum atomic E-state index is -0.176. The van der Waals surface area contributed by atoms with Gasteiger partial charge in [0.2, 0.25) is 0 Å². The largest absolute Gasteiger partial charge is 0.490 e. The van der Waals surface area contributed by atoms with Crippen LogP contribution in [0.5, 0.6) is 11.5 Å². The van der Waals surface area contributed by atoms with Crippen LogP contribution in [-0.2, 0) is 4.74 Å². The summed E-state index contributed by atoms with van der Waals surface area (Å²) in [6.45, 7) is 1.52. The third-order valence-electron chi connectivity index (χ3n) is 3.19. The van der Waals surface area contributed by atoms with E-state index in [-0.39, 0.29) is 5.91 Å². The predicted octanol–water partition coefficient (Wildman–Crippen LogP) is 3.83. The first-order valence-electron chi connectivity index (χ1n) is 7.68. The summed E-state index contributed by atoms with van der Waals surface area (Å²) in [7, 11) is 1.58. The molecule has 2 aromatic carbocycles. The molecule has 5 nitrogen and oxygen atoms in total. The number of ether oxygens (including phenoxy) is 3. The SMILES string of the molecule is COCCNC(=O)c1cccc(OCCOc2cc(Cl)ccc2Cl)c1. The van der Waals surface area contributed by atoms with Crippen molar-refractivity contribution >= 4 is 29.1 Å². The van der Waals surface area contributed by atoms with Gasteiger partial charge in [0.1, 0.15) is 24.7 Å². The summed E-state index contributed by atoms with van der Waals surface area (Å²) in [5.74, 6) is 0.911. The van der Waals surface area contributed by atoms with Gasteiger partial charge in [0.25, 0.3) is 5.91 Å². The van der Waals surface area contributed by atoms with Crippen molar-refractivity contribution in [1.82, 2.24) is 5.32 Å². The van der Waals surface area contributed by atoms with E-state index in [1.54, 1.807) is 49.6 Å². The number of carbonyl (C=O) groups excluding carboxylic acids is 1. The van der Waals surface area contributed by atoms with Crippen LogP contribution in [0.15, 0.2) is 42.5 Å². The van der Waals surface area contributed by atoms with E-state index in [0.717, 1.165) is 0 Å². The fourth-order valence-electron chi connectivity index (χ4n) is 1.99. The number of benzene rings is 2. The van der Waals surface area contributed by atoms with Crippen LogP contribution in [0, 0.1) is 0 Å². The molecule has 25 heavy (non-hydrogen) atoms. The summed E-state index contributed by atoms with van der Waals surface area (Å²) in [5.41, 5.74) is 0.521. The van der Waals surface area contributed by atoms with Crippen molar-refractivity contribution in [3.63, 3.8) is 0 Å². The first-order valence-corrected chi connectivity index (χ1v) is 8.43. The highest BCUT2D eigenvalue weighted by Crippen LogP contribution is 2.27. The van der Waals surface area contributed by atoms with Crippen LogP contribution in [0.4, 0.5) is 0 Å². The molecule has 0 aliphatic carbocycles. The molecule has 1 N–H and O–H groups in total. The molecule has 0 aliphatic heterocycles. The lowest BCUT2D eigenvalue weighted by Crippen LogP contribution is -2.26. The molecule has 1 amide bonds. The molecular formula is C18H19Cl2NO4. The van der Waals surface area contributed by atoms with Crippen LogP contribution < -0.4 is 14.8 Å². The van der Waals surface area contributed by atoms with Gasteiger partial charge in [-0.1, -0.05) is 29.3 Å². The Morgan fingerprint density at radius 2 is 1.84 bits per heavy atom. The molecular weight excluding hydrogens is 365 g/mol. The third kappa shape index (κ3) is 6.46. The van der Waals surface area contributed by atoms with Gasteiger partial charge >= 0.3 is 0 Å². The maximum absolute atomic E-state index is 12.0. The number of rotatable bonds is 9. The first-order chi connectivity index (χ1) is 12.1. The van der Waals surface area contributed by atoms with Gasteiger partial charge < -0.3 is 19.5 Å². The van der Waals surface area contributed by atoms with Crippen LogP contribution >= 0.6 is 23.2 Å². The normalized spacial score (nSPS) is 10.4. The Kier molecular flexibility index (Phi) is 7.85. The smallest absolute Gasteiger partial charge is 0.251 e. The highest BCUT2D eigenvalue weighted by Gasteiger charge is 2.07. The molecule has 0 unspecified atom stereocenters. The van der Waals surface area contributed by atoms with Crippen molar-refractivity contribution in [2.75, 3.05) is 33.5 Å². The zero-order valence-corrected chi connectivity index (χ0v) is 15.3. The van der Waals surface area contributed by atoms with E-state index < -0.39 is 0 Å². The molecule has 0 atom stereocenters. The van der Waals surface area contributed by atoms with Crippen LogP contribution in [0.2, 0.25) is 10.0 Å². The Morgan fingerprint density at radius 3 is 2.64 bits per heavy atom. The second-order valence-corrected chi connectivity index (χ2v) is 5.89. The number of hydrogen-bond acceptors (Lipinski definition) is 4. The van der Waals surface area contributed by atoms with Crippen molar-refractivity contribution < 1.29 is 19.0 Å². The van der Waals surface area contributed by atoms with Crippen molar-refractivity contribution in [3.8, 4) is 11.5 Å². The number of methoxy groups -OCH3 is 1. The Labute approximate surface area is 156 Å². The lowest BCUT2D eigenvalue weighted by molar-refractivity contribution is 0.0936. The van der Waals surface area contributed by atoms with Crippen molar-refractivity contribution in [2.24, 2.45) is 0 Å². The van der Waals surface area contributed by atoms with Crippen LogP contribution in [-0.4, -0.2) is 39.4 Å². The lowest BCUT2D eigenvalue weighted by atomic mass is 10.2. The Balaban J connectivity index is 1.82. The minimum absolute atomic E-state index is 0.176. The molecule has 0 fully saturated rings. The molecule has 134 valence electrons. The molecule has 0 saturated heterocycles. The zero-order valence-electron chi connectivity index (χ0n) is 13.8. The van der Waals surface area contributed by atoms with Gasteiger partial charge in [-0.05, 0) is 30.3 Å². The zero-order chi connectivity index (χ0) is 18.1. The van der Waals surface area contributed by atoms with E-state index in [1.807, 2.05) is 0 Å². The number of hydrogen-bond donors (Lipinski definition) is 1. The van der Waals surface area contributed by atoms with Crippen LogP contribution in [0.25, 0.3) is 0 Å². The molecule has 7 heteroatoms. The number of halogens is 2. The van der Waals surface area contributed by atoms with E-state index in [0.29, 0.717) is 53.5 Å². The lowest BCUT2D eigenvalue weighted by Gasteiger charge is -2.11. The van der Waals surface area contributed by atoms with E-state index in [1.165, 1.54) is 0 Å². The Morgan fingerprint density at radius 1 is 1.04 bits per heavy atom. The molecule has 0 aliphatic rings. The maximum atomic E-state index is 12.0. The van der Waals surface area contributed by atoms with Crippen LogP contribution in [0.1, 0.15) is 10.4 Å². The van der Waals surface area contributed by atoms with Crippen molar-refractivity contribution in [1.29, 1.82) is 0 Å². The molecule has 0 bridgehead atoms. The second kappa shape index (κ2) is 10.1. The molecule has 0 saturated carbocycles. The summed E-state index contributed by atoms with van der Waals surface area (Å²) in [5, 5.41) is 3.79. The van der Waals surface area contributed by atoms with Gasteiger partial charge in [0.05, 0.1) is 11.6 Å². The topological polar surface area (TPSA) is 56.8 Å². The molecule has 0 heterocycles. The number of carbonyl (C=O) groups is 1. The monoisotopic (exact) mass is 383 g/mol. The summed E-state index contributed by atoms with van der Waals surface area (Å²) in [6, 6.07) is 11.9. The number of nitrogens with one attached hydrogen (secondary N) is 1. The van der Waals surface area contributed by atoms with E-state index in [4.69, 9.17) is 37.4 Å². The summed E-state index contributed by atoms with van der Waals surface area (Å²) in [4.78, 5) is 12.0. The summed E-state index contributed by atoms with van der Waals surface area (Å²) >= 11 is 11.9. The van der Waals surface area contributed by atoms with Gasteiger partial charge in [-0.25, -0.2) is 0 Å². The second-order valence-electron chi connectivity index (χ2n) is 5.05. The third-order valence-corrected chi connectivity index (χ3v) is 3.74. The Hall–Kier alpha value is -1.95. The van der Waals surface area contributed by atoms with Crippen LogP contribution in [0.3, 0.4) is 0 Å². The van der Waals surface area contributed by atoms with Crippen molar-refractivity contribution in [3.05, 3.63) is 58.1 Å². The van der Waals surface area contributed by atoms with E-state index >= 15 is 0 Å². The fraction of sp³-hybridized carbons (Fsp3) is 0.278. The average molecular weight is 384 g/mol. The van der Waals surface area contributed by atoms with E-state index in [9.17, 15) is 4.79 Å². The van der Waals surface area contributed by atoms with Crippen molar-refractivity contribution in [2.45, 2.75) is 0 Å². The maximum Gasteiger partial charge on any atom is 0.251 e. The standard InChI is InChI=1S/C18H19Cl2NO4/c1-23-8-7-21-18(22)13-3-2-4-15(11-13)24-9-10-25-17-12-14(19)5-6-16(17)20/h2-6,11-12H,7-10H2,1H3,(H,21,22). The van der Waals surface area contributed by atoms with Gasteiger partial charge in [0.15, 0.2) is 0 Å². The van der Waals surface area contributed by atoms with Gasteiger partial charge in [-0.3, -0.25) is 4.79 Å². The van der Waals surface area contributed by atoms with E-state index in [2.05, 4.69) is 5.32 Å². The fourth-order valence-corrected chi connectivity index (χ4v) is 2.33. The Bertz CT molecular complexity index is 709. The first kappa shape index (κ1) is 19.4. The summed E-state index contributed by atoms with van der Waals surface area (Å²) < 4.78 is 16.1. The average Bonchev–Trinajstić information content (AvgIpc) is 2.62. The van der Waals surface area contributed by atoms with Gasteiger partial charge in [-0.2, -0.15) is 0 Å². The highest BCUT2D eigenvalue weighted by atomic mass is 35.5. The molecule has 0 radical (unpaired) electrons. The highest BCUT2D eigenvalue weighted by molar-refractivity contribution is 6.34. The number of amides is 1. The predicted molar refractivity (Wildman–Crippen MR) is 98.1 cm³/mol. The molecule has 2 rings (SSSR count). The molecule has 0 aromatic heterocycles. The molecule has 0 spiro atoms. The van der Waals surface area contributed by atoms with Gasteiger partial charge in [0, 0.05) is 30.3 Å². The molecule has 2 aromatic rings. The minimum Gasteiger partial charge on any atom is -0.490 e. The van der Waals surface area contributed by atoms with Gasteiger partial charge in [-0.15, -0.1) is 0 Å². The quantitative estimate of drug-likeness (QED) is 0.668. The summed E-state index contributed by atoms with van der Waals surface area (Å²) in [6.07, 6.45) is 0.